The Balaban J connectivity index is 2.09. The first-order valence-electron chi connectivity index (χ1n) is 7.10. The van der Waals surface area contributed by atoms with Crippen LogP contribution in [0.3, 0.4) is 0 Å². The van der Waals surface area contributed by atoms with Crippen LogP contribution in [0.4, 0.5) is 0 Å². The van der Waals surface area contributed by atoms with Crippen LogP contribution in [0.2, 0.25) is 0 Å². The van der Waals surface area contributed by atoms with Gasteiger partial charge >= 0.3 is 0 Å². The molecule has 1 atom stereocenters. The average Bonchev–Trinajstić information content (AvgIpc) is 2.75. The Kier molecular flexibility index (Phi) is 4.46. The third-order valence-corrected chi connectivity index (χ3v) is 4.92. The second-order valence-electron chi connectivity index (χ2n) is 5.95. The average molecular weight is 266 g/mol. The standard InChI is InChI=1S/C15H26N2S/c1-5-12-7-8-18-14(12)10-17-11-15(3,4)16-9-13(17)6-2/h7-8,13,16H,5-6,9-11H2,1-4H3. The smallest absolute Gasteiger partial charge is 0.0334 e. The summed E-state index contributed by atoms with van der Waals surface area (Å²) < 4.78 is 0. The van der Waals surface area contributed by atoms with E-state index in [-0.39, 0.29) is 5.54 Å². The molecule has 0 radical (unpaired) electrons. The first kappa shape index (κ1) is 14.0. The molecule has 1 aliphatic heterocycles. The van der Waals surface area contributed by atoms with Gasteiger partial charge in [-0.2, -0.15) is 0 Å². The van der Waals surface area contributed by atoms with Crippen molar-refractivity contribution in [1.29, 1.82) is 0 Å². The summed E-state index contributed by atoms with van der Waals surface area (Å²) in [5, 5.41) is 5.90. The molecular weight excluding hydrogens is 240 g/mol. The van der Waals surface area contributed by atoms with Crippen LogP contribution in [0.1, 0.15) is 44.6 Å². The van der Waals surface area contributed by atoms with Gasteiger partial charge in [0.05, 0.1) is 0 Å². The van der Waals surface area contributed by atoms with Gasteiger partial charge in [-0.05, 0) is 43.7 Å². The zero-order chi connectivity index (χ0) is 13.2. The molecule has 1 N–H and O–H groups in total. The molecule has 1 unspecified atom stereocenters. The van der Waals surface area contributed by atoms with Gasteiger partial charge in [0.2, 0.25) is 0 Å². The Morgan fingerprint density at radius 3 is 2.89 bits per heavy atom. The molecular formula is C15H26N2S. The molecule has 1 saturated heterocycles. The lowest BCUT2D eigenvalue weighted by molar-refractivity contribution is 0.0866. The first-order valence-corrected chi connectivity index (χ1v) is 7.98. The lowest BCUT2D eigenvalue weighted by Crippen LogP contribution is -2.60. The van der Waals surface area contributed by atoms with Crippen LogP contribution in [0.15, 0.2) is 11.4 Å². The van der Waals surface area contributed by atoms with Gasteiger partial charge in [0.1, 0.15) is 0 Å². The molecule has 1 aromatic rings. The quantitative estimate of drug-likeness (QED) is 0.900. The number of hydrogen-bond donors (Lipinski definition) is 1. The van der Waals surface area contributed by atoms with Crippen molar-refractivity contribution in [2.75, 3.05) is 13.1 Å². The number of nitrogens with one attached hydrogen (secondary N) is 1. The molecule has 0 bridgehead atoms. The van der Waals surface area contributed by atoms with Gasteiger partial charge in [-0.25, -0.2) is 0 Å². The predicted octanol–water partition coefficient (Wildman–Crippen LogP) is 3.27. The summed E-state index contributed by atoms with van der Waals surface area (Å²) in [4.78, 5) is 4.23. The molecule has 2 heterocycles. The SMILES string of the molecule is CCc1ccsc1CN1CC(C)(C)NCC1CC. The number of thiophene rings is 1. The number of piperazine rings is 1. The Morgan fingerprint density at radius 2 is 2.22 bits per heavy atom. The third kappa shape index (κ3) is 3.14. The fraction of sp³-hybridized carbons (Fsp3) is 0.733. The topological polar surface area (TPSA) is 15.3 Å². The number of hydrogen-bond acceptors (Lipinski definition) is 3. The molecule has 0 spiro atoms. The van der Waals surface area contributed by atoms with Crippen LogP contribution in [0.25, 0.3) is 0 Å². The van der Waals surface area contributed by atoms with E-state index in [9.17, 15) is 0 Å². The summed E-state index contributed by atoms with van der Waals surface area (Å²) in [7, 11) is 0. The van der Waals surface area contributed by atoms with Gasteiger partial charge in [0, 0.05) is 36.1 Å². The lowest BCUT2D eigenvalue weighted by Gasteiger charge is -2.44. The summed E-state index contributed by atoms with van der Waals surface area (Å²) in [6.45, 7) is 12.6. The largest absolute Gasteiger partial charge is 0.309 e. The van der Waals surface area contributed by atoms with Gasteiger partial charge in [0.15, 0.2) is 0 Å². The van der Waals surface area contributed by atoms with Crippen LogP contribution in [0, 0.1) is 0 Å². The summed E-state index contributed by atoms with van der Waals surface area (Å²) in [5.41, 5.74) is 1.78. The van der Waals surface area contributed by atoms with Gasteiger partial charge in [-0.1, -0.05) is 13.8 Å². The third-order valence-electron chi connectivity index (χ3n) is 3.97. The van der Waals surface area contributed by atoms with E-state index >= 15 is 0 Å². The van der Waals surface area contributed by atoms with E-state index in [2.05, 4.69) is 49.4 Å². The predicted molar refractivity (Wildman–Crippen MR) is 80.3 cm³/mol. The number of rotatable bonds is 4. The molecule has 18 heavy (non-hydrogen) atoms. The Bertz CT molecular complexity index is 384. The molecule has 0 saturated carbocycles. The van der Waals surface area contributed by atoms with Gasteiger partial charge in [0.25, 0.3) is 0 Å². The maximum Gasteiger partial charge on any atom is 0.0334 e. The molecule has 1 aliphatic rings. The summed E-state index contributed by atoms with van der Waals surface area (Å²) in [6.07, 6.45) is 2.39. The van der Waals surface area contributed by atoms with Crippen LogP contribution in [0.5, 0.6) is 0 Å². The lowest BCUT2D eigenvalue weighted by atomic mass is 9.97. The molecule has 2 rings (SSSR count). The highest BCUT2D eigenvalue weighted by Gasteiger charge is 2.31. The first-order chi connectivity index (χ1) is 8.55. The van der Waals surface area contributed by atoms with Crippen molar-refractivity contribution in [3.63, 3.8) is 0 Å². The fourth-order valence-corrected chi connectivity index (χ4v) is 3.81. The molecule has 102 valence electrons. The molecule has 1 fully saturated rings. The summed E-state index contributed by atoms with van der Waals surface area (Å²) in [6, 6.07) is 2.97. The molecule has 0 amide bonds. The van der Waals surface area contributed by atoms with E-state index in [1.54, 1.807) is 4.88 Å². The van der Waals surface area contributed by atoms with Crippen molar-refractivity contribution in [2.24, 2.45) is 0 Å². The van der Waals surface area contributed by atoms with Crippen LogP contribution in [-0.4, -0.2) is 29.6 Å². The van der Waals surface area contributed by atoms with Crippen molar-refractivity contribution in [3.8, 4) is 0 Å². The van der Waals surface area contributed by atoms with Crippen molar-refractivity contribution in [1.82, 2.24) is 10.2 Å². The monoisotopic (exact) mass is 266 g/mol. The Hall–Kier alpha value is -0.380. The molecule has 0 aliphatic carbocycles. The van der Waals surface area contributed by atoms with Crippen molar-refractivity contribution in [3.05, 3.63) is 21.9 Å². The van der Waals surface area contributed by atoms with Crippen LogP contribution < -0.4 is 5.32 Å². The highest BCUT2D eigenvalue weighted by molar-refractivity contribution is 7.10. The zero-order valence-corrected chi connectivity index (χ0v) is 12.9. The van der Waals surface area contributed by atoms with Crippen molar-refractivity contribution in [2.45, 2.75) is 58.7 Å². The molecule has 3 heteroatoms. The number of aryl methyl sites for hydroxylation is 1. The number of nitrogens with zero attached hydrogens (tertiary/aromatic N) is 1. The minimum absolute atomic E-state index is 0.245. The van der Waals surface area contributed by atoms with E-state index in [4.69, 9.17) is 0 Å². The maximum absolute atomic E-state index is 3.66. The van der Waals surface area contributed by atoms with E-state index in [0.29, 0.717) is 6.04 Å². The van der Waals surface area contributed by atoms with Crippen LogP contribution >= 0.6 is 11.3 Å². The van der Waals surface area contributed by atoms with Gasteiger partial charge in [-0.3, -0.25) is 4.90 Å². The minimum atomic E-state index is 0.245. The van der Waals surface area contributed by atoms with E-state index in [1.807, 2.05) is 11.3 Å². The second-order valence-corrected chi connectivity index (χ2v) is 6.96. The summed E-state index contributed by atoms with van der Waals surface area (Å²) in [5.74, 6) is 0. The summed E-state index contributed by atoms with van der Waals surface area (Å²) >= 11 is 1.92. The second kappa shape index (κ2) is 5.72. The highest BCUT2D eigenvalue weighted by Crippen LogP contribution is 2.24. The maximum atomic E-state index is 3.66. The normalized spacial score (nSPS) is 24.3. The highest BCUT2D eigenvalue weighted by atomic mass is 32.1. The zero-order valence-electron chi connectivity index (χ0n) is 12.1. The fourth-order valence-electron chi connectivity index (χ4n) is 2.81. The van der Waals surface area contributed by atoms with E-state index < -0.39 is 0 Å². The molecule has 1 aromatic heterocycles. The van der Waals surface area contributed by atoms with Gasteiger partial charge in [-0.15, -0.1) is 11.3 Å². The Morgan fingerprint density at radius 1 is 1.44 bits per heavy atom. The molecule has 2 nitrogen and oxygen atoms in total. The van der Waals surface area contributed by atoms with Gasteiger partial charge < -0.3 is 5.32 Å². The van der Waals surface area contributed by atoms with Crippen molar-refractivity contribution < 1.29 is 0 Å². The van der Waals surface area contributed by atoms with E-state index in [0.717, 1.165) is 26.1 Å². The van der Waals surface area contributed by atoms with Crippen LogP contribution in [-0.2, 0) is 13.0 Å². The Labute approximate surface area is 115 Å². The molecule has 0 aromatic carbocycles. The van der Waals surface area contributed by atoms with E-state index in [1.165, 1.54) is 12.0 Å². The van der Waals surface area contributed by atoms with Crippen molar-refractivity contribution >= 4 is 11.3 Å². The minimum Gasteiger partial charge on any atom is -0.309 e.